The SMILES string of the molecule is CC[C@H](C)[C@@H]([C@@H](CC(=O)N1CCC[C@H]1[C@H](OC)[C@@H](C)C(=O)N[C@@H](CS)OO)OC)N(C)C(=O)[C@@H](NC(=O)[C@H](C(C)C)N(C)C)C(C)C. The zero-order valence-electron chi connectivity index (χ0n) is 30.7. The Kier molecular flexibility index (Phi) is 18.8. The zero-order chi connectivity index (χ0) is 36.2. The molecule has 14 heteroatoms. The number of ether oxygens (including phenoxy) is 2. The lowest BCUT2D eigenvalue weighted by Gasteiger charge is -2.41. The number of likely N-dealkylation sites (tertiary alicyclic amines) is 1. The Hall–Kier alpha value is -1.97. The number of hydrogen-bond acceptors (Lipinski definition) is 10. The zero-order valence-corrected chi connectivity index (χ0v) is 31.6. The summed E-state index contributed by atoms with van der Waals surface area (Å²) in [4.78, 5) is 63.9. The van der Waals surface area contributed by atoms with Crippen LogP contribution in [0.3, 0.4) is 0 Å². The van der Waals surface area contributed by atoms with Crippen LogP contribution in [-0.4, -0.2) is 134 Å². The van der Waals surface area contributed by atoms with Crippen molar-refractivity contribution in [3.8, 4) is 0 Å². The van der Waals surface area contributed by atoms with Gasteiger partial charge in [0, 0.05) is 33.6 Å². The van der Waals surface area contributed by atoms with Crippen molar-refractivity contribution in [3.63, 3.8) is 0 Å². The Morgan fingerprint density at radius 1 is 0.957 bits per heavy atom. The van der Waals surface area contributed by atoms with E-state index in [9.17, 15) is 19.2 Å². The molecule has 1 saturated heterocycles. The topological polar surface area (TPSA) is 150 Å². The molecule has 274 valence electrons. The van der Waals surface area contributed by atoms with E-state index < -0.39 is 48.4 Å². The van der Waals surface area contributed by atoms with Gasteiger partial charge >= 0.3 is 0 Å². The summed E-state index contributed by atoms with van der Waals surface area (Å²) in [6.45, 7) is 14.0. The van der Waals surface area contributed by atoms with E-state index in [1.807, 2.05) is 60.5 Å². The number of thiol groups is 1. The van der Waals surface area contributed by atoms with Gasteiger partial charge in [-0.1, -0.05) is 54.9 Å². The van der Waals surface area contributed by atoms with Crippen LogP contribution < -0.4 is 10.6 Å². The average molecular weight is 690 g/mol. The molecule has 4 amide bonds. The molecule has 1 aliphatic rings. The molecule has 0 saturated carbocycles. The highest BCUT2D eigenvalue weighted by molar-refractivity contribution is 7.80. The molecular weight excluding hydrogens is 626 g/mol. The van der Waals surface area contributed by atoms with Crippen LogP contribution >= 0.6 is 12.6 Å². The Balaban J connectivity index is 3.26. The quantitative estimate of drug-likeness (QED) is 0.0655. The number of rotatable bonds is 20. The standard InChI is InChI=1S/C33H63N5O8S/c1-13-21(6)29(37(10)33(42)27(19(2)3)35-32(41)28(20(4)5)36(8)9)24(44-11)17-26(39)38-16-14-15-23(38)30(45-12)22(7)31(40)34-25(18-47)46-43/h19-25,27-30,43,47H,13-18H2,1-12H3,(H,34,40)(H,35,41)/t21-,22+,23-,24+,25+,27-,28-,29-,30+/m0/s1. The van der Waals surface area contributed by atoms with Crippen molar-refractivity contribution >= 4 is 36.3 Å². The predicted octanol–water partition coefficient (Wildman–Crippen LogP) is 2.50. The normalized spacial score (nSPS) is 20.4. The maximum atomic E-state index is 14.1. The number of nitrogens with one attached hydrogen (secondary N) is 2. The van der Waals surface area contributed by atoms with E-state index >= 15 is 0 Å². The van der Waals surface area contributed by atoms with Gasteiger partial charge < -0.3 is 29.9 Å². The predicted molar refractivity (Wildman–Crippen MR) is 185 cm³/mol. The van der Waals surface area contributed by atoms with Crippen LogP contribution in [0.5, 0.6) is 0 Å². The number of likely N-dealkylation sites (N-methyl/N-ethyl adjacent to an activating group) is 2. The average Bonchev–Trinajstić information content (AvgIpc) is 3.50. The third kappa shape index (κ3) is 11.6. The van der Waals surface area contributed by atoms with Gasteiger partial charge in [-0.25, -0.2) is 10.1 Å². The molecule has 1 rings (SSSR count). The summed E-state index contributed by atoms with van der Waals surface area (Å²) in [6, 6.07) is -1.96. The lowest BCUT2D eigenvalue weighted by atomic mass is 9.89. The Morgan fingerprint density at radius 3 is 2.02 bits per heavy atom. The highest BCUT2D eigenvalue weighted by Gasteiger charge is 2.43. The molecule has 13 nitrogen and oxygen atoms in total. The fourth-order valence-corrected chi connectivity index (χ4v) is 6.96. The summed E-state index contributed by atoms with van der Waals surface area (Å²) in [6.07, 6.45) is -0.0515. The summed E-state index contributed by atoms with van der Waals surface area (Å²) < 4.78 is 11.7. The maximum Gasteiger partial charge on any atom is 0.245 e. The Morgan fingerprint density at radius 2 is 1.57 bits per heavy atom. The number of amides is 4. The lowest BCUT2D eigenvalue weighted by molar-refractivity contribution is -0.278. The molecule has 0 aliphatic carbocycles. The lowest BCUT2D eigenvalue weighted by Crippen LogP contribution is -2.59. The van der Waals surface area contributed by atoms with Crippen molar-refractivity contribution in [3.05, 3.63) is 0 Å². The molecule has 9 atom stereocenters. The van der Waals surface area contributed by atoms with Crippen LogP contribution in [0.25, 0.3) is 0 Å². The minimum atomic E-state index is -0.972. The monoisotopic (exact) mass is 689 g/mol. The molecule has 3 N–H and O–H groups in total. The van der Waals surface area contributed by atoms with Crippen LogP contribution in [0, 0.1) is 23.7 Å². The molecule has 0 aromatic heterocycles. The van der Waals surface area contributed by atoms with Gasteiger partial charge in [0.05, 0.1) is 42.7 Å². The first-order valence-electron chi connectivity index (χ1n) is 16.8. The molecular formula is C33H63N5O8S. The number of carbonyl (C=O) groups excluding carboxylic acids is 4. The summed E-state index contributed by atoms with van der Waals surface area (Å²) in [5.41, 5.74) is 0. The number of nitrogens with zero attached hydrogens (tertiary/aromatic N) is 3. The van der Waals surface area contributed by atoms with Gasteiger partial charge in [0.2, 0.25) is 23.6 Å². The second-order valence-corrected chi connectivity index (χ2v) is 14.1. The molecule has 0 radical (unpaired) electrons. The molecule has 1 heterocycles. The number of carbonyl (C=O) groups is 4. The van der Waals surface area contributed by atoms with Gasteiger partial charge in [-0.05, 0) is 44.7 Å². The minimum absolute atomic E-state index is 0.0193. The van der Waals surface area contributed by atoms with Crippen molar-refractivity contribution in [2.75, 3.05) is 47.7 Å². The summed E-state index contributed by atoms with van der Waals surface area (Å²) >= 11 is 4.06. The van der Waals surface area contributed by atoms with Crippen LogP contribution in [-0.2, 0) is 33.5 Å². The molecule has 0 aromatic rings. The van der Waals surface area contributed by atoms with Gasteiger partial charge in [0.15, 0.2) is 6.23 Å². The van der Waals surface area contributed by atoms with Crippen LogP contribution in [0.1, 0.15) is 74.1 Å². The smallest absolute Gasteiger partial charge is 0.245 e. The molecule has 1 aliphatic heterocycles. The van der Waals surface area contributed by atoms with Gasteiger partial charge in [0.25, 0.3) is 0 Å². The van der Waals surface area contributed by atoms with Crippen molar-refractivity contribution in [2.45, 2.75) is 117 Å². The number of methoxy groups -OCH3 is 2. The minimum Gasteiger partial charge on any atom is -0.379 e. The maximum absolute atomic E-state index is 14.1. The molecule has 0 unspecified atom stereocenters. The fraction of sp³-hybridized carbons (Fsp3) is 0.879. The molecule has 0 aromatic carbocycles. The summed E-state index contributed by atoms with van der Waals surface area (Å²) in [7, 11) is 8.48. The van der Waals surface area contributed by atoms with E-state index in [1.54, 1.807) is 30.9 Å². The molecule has 47 heavy (non-hydrogen) atoms. The molecule has 0 bridgehead atoms. The van der Waals surface area contributed by atoms with Gasteiger partial charge in [-0.3, -0.25) is 24.1 Å². The fourth-order valence-electron chi connectivity index (χ4n) is 6.81. The van der Waals surface area contributed by atoms with Crippen molar-refractivity contribution in [1.29, 1.82) is 0 Å². The first kappa shape index (κ1) is 43.1. The molecule has 0 spiro atoms. The summed E-state index contributed by atoms with van der Waals surface area (Å²) in [5.74, 6) is -1.72. The van der Waals surface area contributed by atoms with Gasteiger partial charge in [0.1, 0.15) is 6.04 Å². The van der Waals surface area contributed by atoms with Gasteiger partial charge in [-0.2, -0.15) is 12.6 Å². The van der Waals surface area contributed by atoms with Crippen molar-refractivity contribution in [2.24, 2.45) is 23.7 Å². The largest absolute Gasteiger partial charge is 0.379 e. The number of hydrogen-bond donors (Lipinski definition) is 4. The second kappa shape index (κ2) is 20.5. The molecule has 1 fully saturated rings. The third-order valence-electron chi connectivity index (χ3n) is 9.54. The van der Waals surface area contributed by atoms with E-state index in [2.05, 4.69) is 28.1 Å². The van der Waals surface area contributed by atoms with Crippen LogP contribution in [0.15, 0.2) is 0 Å². The van der Waals surface area contributed by atoms with Gasteiger partial charge in [-0.15, -0.1) is 0 Å². The first-order chi connectivity index (χ1) is 22.0. The summed E-state index contributed by atoms with van der Waals surface area (Å²) in [5, 5.41) is 14.6. The Bertz CT molecular complexity index is 990. The van der Waals surface area contributed by atoms with Crippen molar-refractivity contribution < 1.29 is 38.8 Å². The third-order valence-corrected chi connectivity index (χ3v) is 9.87. The van der Waals surface area contributed by atoms with E-state index in [1.165, 1.54) is 7.11 Å². The first-order valence-corrected chi connectivity index (χ1v) is 17.5. The highest BCUT2D eigenvalue weighted by Crippen LogP contribution is 2.29. The van der Waals surface area contributed by atoms with E-state index in [4.69, 9.17) is 14.7 Å². The van der Waals surface area contributed by atoms with Crippen LogP contribution in [0.4, 0.5) is 0 Å². The van der Waals surface area contributed by atoms with E-state index in [-0.39, 0.29) is 53.7 Å². The Labute approximate surface area is 288 Å². The highest BCUT2D eigenvalue weighted by atomic mass is 32.1. The van der Waals surface area contributed by atoms with Crippen molar-refractivity contribution in [1.82, 2.24) is 25.3 Å². The second-order valence-electron chi connectivity index (χ2n) is 13.8. The van der Waals surface area contributed by atoms with E-state index in [0.29, 0.717) is 13.0 Å². The van der Waals surface area contributed by atoms with Crippen LogP contribution in [0.2, 0.25) is 0 Å². The van der Waals surface area contributed by atoms with E-state index in [0.717, 1.165) is 12.8 Å².